The van der Waals surface area contributed by atoms with Crippen LogP contribution in [0.15, 0.2) is 23.3 Å². The van der Waals surface area contributed by atoms with E-state index in [2.05, 4.69) is 13.8 Å². The molecule has 4 rings (SSSR count). The maximum absolute atomic E-state index is 13.1. The number of carbonyl (C=O) groups is 2. The number of aliphatic hydroxyl groups is 2. The van der Waals surface area contributed by atoms with Crippen molar-refractivity contribution in [1.82, 2.24) is 0 Å². The summed E-state index contributed by atoms with van der Waals surface area (Å²) in [6, 6.07) is 0. The molecule has 2 bridgehead atoms. The van der Waals surface area contributed by atoms with E-state index in [0.29, 0.717) is 0 Å². The first-order valence-corrected chi connectivity index (χ1v) is 8.88. The topological polar surface area (TPSA) is 74.6 Å². The van der Waals surface area contributed by atoms with Gasteiger partial charge >= 0.3 is 0 Å². The predicted octanol–water partition coefficient (Wildman–Crippen LogP) is 2.30. The molecule has 4 aliphatic rings. The van der Waals surface area contributed by atoms with E-state index in [1.807, 2.05) is 19.9 Å². The van der Waals surface area contributed by atoms with Crippen LogP contribution in [0.5, 0.6) is 0 Å². The number of allylic oxidation sites excluding steroid dienone is 2. The predicted molar refractivity (Wildman–Crippen MR) is 91.1 cm³/mol. The van der Waals surface area contributed by atoms with Crippen LogP contribution in [0, 0.1) is 35.5 Å². The summed E-state index contributed by atoms with van der Waals surface area (Å²) in [5.41, 5.74) is -1.13. The van der Waals surface area contributed by atoms with Gasteiger partial charge in [0.1, 0.15) is 11.2 Å². The molecule has 4 nitrogen and oxygen atoms in total. The molecule has 6 atom stereocenters. The summed E-state index contributed by atoms with van der Waals surface area (Å²) in [6.07, 6.45) is 3.51. The fraction of sp³-hybridized carbons (Fsp3) is 0.700. The molecule has 0 amide bonds. The molecule has 0 radical (unpaired) electrons. The van der Waals surface area contributed by atoms with Crippen LogP contribution in [-0.4, -0.2) is 33.0 Å². The molecular weight excluding hydrogens is 304 g/mol. The zero-order chi connectivity index (χ0) is 18.2. The summed E-state index contributed by atoms with van der Waals surface area (Å²) in [4.78, 5) is 25.6. The van der Waals surface area contributed by atoms with Crippen LogP contribution < -0.4 is 0 Å². The summed E-state index contributed by atoms with van der Waals surface area (Å²) in [7, 11) is 0. The lowest BCUT2D eigenvalue weighted by Gasteiger charge is -2.59. The zero-order valence-corrected chi connectivity index (χ0v) is 15.3. The molecular formula is C20H28O4. The van der Waals surface area contributed by atoms with Gasteiger partial charge in [0.05, 0.1) is 0 Å². The Hall–Kier alpha value is -1.26. The second-order valence-electron chi connectivity index (χ2n) is 8.70. The Kier molecular flexibility index (Phi) is 3.75. The van der Waals surface area contributed by atoms with E-state index in [-0.39, 0.29) is 29.3 Å². The third kappa shape index (κ3) is 2.05. The van der Waals surface area contributed by atoms with Crippen molar-refractivity contribution in [1.29, 1.82) is 0 Å². The molecule has 0 aromatic rings. The van der Waals surface area contributed by atoms with Crippen molar-refractivity contribution in [2.45, 2.75) is 52.7 Å². The normalized spacial score (nSPS) is 44.8. The third-order valence-corrected chi connectivity index (χ3v) is 6.46. The lowest BCUT2D eigenvalue weighted by Crippen LogP contribution is -2.68. The van der Waals surface area contributed by atoms with Gasteiger partial charge in [0.2, 0.25) is 0 Å². The largest absolute Gasteiger partial charge is 0.382 e. The second-order valence-corrected chi connectivity index (χ2v) is 8.70. The number of Topliss-reactive ketones (excluding diaryl/α,β-unsaturated/α-hetero) is 1. The van der Waals surface area contributed by atoms with Crippen molar-refractivity contribution >= 4 is 11.6 Å². The molecule has 24 heavy (non-hydrogen) atoms. The van der Waals surface area contributed by atoms with Crippen molar-refractivity contribution in [3.8, 4) is 0 Å². The molecule has 0 aromatic heterocycles. The Bertz CT molecular complexity index is 663. The fourth-order valence-electron chi connectivity index (χ4n) is 5.12. The summed E-state index contributed by atoms with van der Waals surface area (Å²) < 4.78 is 0. The van der Waals surface area contributed by atoms with Gasteiger partial charge in [0.15, 0.2) is 11.6 Å². The summed E-state index contributed by atoms with van der Waals surface area (Å²) in [6.45, 7) is 11.2. The second kappa shape index (κ2) is 5.12. The Morgan fingerprint density at radius 1 is 0.958 bits per heavy atom. The van der Waals surface area contributed by atoms with Gasteiger partial charge in [-0.2, -0.15) is 0 Å². The Morgan fingerprint density at radius 2 is 1.50 bits per heavy atom. The smallest absolute Gasteiger partial charge is 0.187 e. The SMILES string of the molecule is CC(C)C1=C[C@@H]2[C@H]3[C@H](C(C(C)C)=CC(=O)[C@]3(C)O)[C@@H]1C(=O)[C@]2(C)O. The number of hydrogen-bond acceptors (Lipinski definition) is 4. The maximum Gasteiger partial charge on any atom is 0.187 e. The molecule has 1 fully saturated rings. The molecule has 0 unspecified atom stereocenters. The number of fused-ring (bicyclic) bond motifs is 1. The van der Waals surface area contributed by atoms with E-state index in [9.17, 15) is 19.8 Å². The van der Waals surface area contributed by atoms with Crippen molar-refractivity contribution in [3.63, 3.8) is 0 Å². The highest BCUT2D eigenvalue weighted by Gasteiger charge is 2.66. The minimum absolute atomic E-state index is 0.114. The van der Waals surface area contributed by atoms with Crippen molar-refractivity contribution in [2.24, 2.45) is 35.5 Å². The highest BCUT2D eigenvalue weighted by molar-refractivity contribution is 6.01. The molecule has 2 N–H and O–H groups in total. The van der Waals surface area contributed by atoms with E-state index < -0.39 is 29.0 Å². The Balaban J connectivity index is 2.28. The van der Waals surface area contributed by atoms with Gasteiger partial charge in [-0.3, -0.25) is 9.59 Å². The molecule has 4 heteroatoms. The first-order chi connectivity index (χ1) is 10.9. The van der Waals surface area contributed by atoms with E-state index in [1.165, 1.54) is 13.8 Å². The van der Waals surface area contributed by atoms with E-state index in [1.54, 1.807) is 6.08 Å². The first-order valence-electron chi connectivity index (χ1n) is 8.88. The lowest BCUT2D eigenvalue weighted by atomic mass is 9.45. The van der Waals surface area contributed by atoms with Crippen LogP contribution in [0.1, 0.15) is 41.5 Å². The molecule has 0 aliphatic heterocycles. The molecule has 0 heterocycles. The van der Waals surface area contributed by atoms with Crippen molar-refractivity contribution in [2.75, 3.05) is 0 Å². The lowest BCUT2D eigenvalue weighted by molar-refractivity contribution is -0.178. The number of ketones is 2. The molecule has 1 saturated carbocycles. The Morgan fingerprint density at radius 3 is 2.00 bits per heavy atom. The average molecular weight is 332 g/mol. The summed E-state index contributed by atoms with van der Waals surface area (Å²) >= 11 is 0. The molecule has 0 saturated heterocycles. The van der Waals surface area contributed by atoms with Crippen LogP contribution in [-0.2, 0) is 9.59 Å². The van der Waals surface area contributed by atoms with E-state index in [4.69, 9.17) is 0 Å². The van der Waals surface area contributed by atoms with Crippen LogP contribution in [0.2, 0.25) is 0 Å². The standard InChI is InChI=1S/C20H28O4/c1-9(2)11-7-13-17-15(16(11)18(22)19(13,5)23)12(10(3)4)8-14(21)20(17,6)24/h7-10,13,15-17,23-24H,1-6H3/t13-,15-,16-,17+,19-,20+/m1/s1. The van der Waals surface area contributed by atoms with Gasteiger partial charge in [-0.1, -0.05) is 44.9 Å². The Labute approximate surface area is 143 Å². The maximum atomic E-state index is 13.1. The van der Waals surface area contributed by atoms with E-state index >= 15 is 0 Å². The van der Waals surface area contributed by atoms with Gasteiger partial charge in [-0.15, -0.1) is 0 Å². The van der Waals surface area contributed by atoms with Crippen LogP contribution in [0.25, 0.3) is 0 Å². The van der Waals surface area contributed by atoms with Crippen LogP contribution in [0.4, 0.5) is 0 Å². The minimum atomic E-state index is -1.56. The van der Waals surface area contributed by atoms with Crippen LogP contribution >= 0.6 is 0 Å². The van der Waals surface area contributed by atoms with Gasteiger partial charge in [0, 0.05) is 23.7 Å². The van der Waals surface area contributed by atoms with Crippen LogP contribution in [0.3, 0.4) is 0 Å². The molecule has 0 aromatic carbocycles. The average Bonchev–Trinajstić information content (AvgIpc) is 2.46. The van der Waals surface area contributed by atoms with Gasteiger partial charge in [0.25, 0.3) is 0 Å². The first kappa shape index (κ1) is 17.6. The van der Waals surface area contributed by atoms with Gasteiger partial charge < -0.3 is 10.2 Å². The van der Waals surface area contributed by atoms with Gasteiger partial charge in [-0.05, 0) is 31.8 Å². The highest BCUT2D eigenvalue weighted by atomic mass is 16.3. The third-order valence-electron chi connectivity index (χ3n) is 6.46. The highest BCUT2D eigenvalue weighted by Crippen LogP contribution is 2.59. The van der Waals surface area contributed by atoms with Crippen molar-refractivity contribution in [3.05, 3.63) is 23.3 Å². The summed E-state index contributed by atoms with van der Waals surface area (Å²) in [5.74, 6) is -1.86. The zero-order valence-electron chi connectivity index (χ0n) is 15.3. The molecule has 0 spiro atoms. The molecule has 132 valence electrons. The van der Waals surface area contributed by atoms with E-state index in [0.717, 1.165) is 11.1 Å². The van der Waals surface area contributed by atoms with Crippen molar-refractivity contribution < 1.29 is 19.8 Å². The number of carbonyl (C=O) groups excluding carboxylic acids is 2. The number of hydrogen-bond donors (Lipinski definition) is 2. The quantitative estimate of drug-likeness (QED) is 0.761. The van der Waals surface area contributed by atoms with Gasteiger partial charge in [-0.25, -0.2) is 0 Å². The molecule has 4 aliphatic carbocycles. The number of rotatable bonds is 2. The minimum Gasteiger partial charge on any atom is -0.382 e. The monoisotopic (exact) mass is 332 g/mol. The summed E-state index contributed by atoms with van der Waals surface area (Å²) in [5, 5.41) is 21.8. The fourth-order valence-corrected chi connectivity index (χ4v) is 5.12.